The Morgan fingerprint density at radius 2 is 0.881 bits per heavy atom. The highest BCUT2D eigenvalue weighted by Gasteiger charge is 2.25. The van der Waals surface area contributed by atoms with Crippen LogP contribution in [0.5, 0.6) is 0 Å². The van der Waals surface area contributed by atoms with E-state index >= 15 is 0 Å². The van der Waals surface area contributed by atoms with Gasteiger partial charge in [0.15, 0.2) is 0 Å². The number of fused-ring (bicyclic) bond motifs is 10. The number of aromatic nitrogens is 4. The monoisotopic (exact) mass is 536 g/mol. The lowest BCUT2D eigenvalue weighted by Gasteiger charge is -2.14. The van der Waals surface area contributed by atoms with Crippen LogP contribution < -0.4 is 0 Å². The number of benzene rings is 6. The molecule has 3 aromatic heterocycles. The summed E-state index contributed by atoms with van der Waals surface area (Å²) in [6.45, 7) is 0. The summed E-state index contributed by atoms with van der Waals surface area (Å²) < 4.78 is 4.82. The first-order valence-corrected chi connectivity index (χ1v) is 14.2. The van der Waals surface area contributed by atoms with E-state index in [1.54, 1.807) is 0 Å². The molecule has 9 aromatic rings. The van der Waals surface area contributed by atoms with Gasteiger partial charge in [-0.05, 0) is 47.5 Å². The topological polar surface area (TPSA) is 35.6 Å². The maximum Gasteiger partial charge on any atom is 0.0994 e. The smallest absolute Gasteiger partial charge is 0.0994 e. The molecule has 0 amide bonds. The zero-order valence-corrected chi connectivity index (χ0v) is 22.6. The molecule has 0 aliphatic rings. The van der Waals surface area contributed by atoms with Crippen LogP contribution in [0.1, 0.15) is 0 Å². The van der Waals surface area contributed by atoms with Gasteiger partial charge >= 0.3 is 0 Å². The van der Waals surface area contributed by atoms with Crippen LogP contribution in [0.4, 0.5) is 0 Å². The molecule has 0 saturated carbocycles. The van der Waals surface area contributed by atoms with E-state index in [2.05, 4.69) is 143 Å². The first-order valence-electron chi connectivity index (χ1n) is 14.2. The zero-order chi connectivity index (χ0) is 27.6. The van der Waals surface area contributed by atoms with Crippen molar-refractivity contribution >= 4 is 54.6 Å². The summed E-state index contributed by atoms with van der Waals surface area (Å²) >= 11 is 0. The van der Waals surface area contributed by atoms with Gasteiger partial charge in [0, 0.05) is 45.3 Å². The van der Waals surface area contributed by atoms with Crippen LogP contribution in [0.15, 0.2) is 146 Å². The normalized spacial score (nSPS) is 11.8. The average molecular weight is 537 g/mol. The molecular weight excluding hydrogens is 512 g/mol. The largest absolute Gasteiger partial charge is 0.307 e. The summed E-state index contributed by atoms with van der Waals surface area (Å²) in [6, 6.07) is 47.4. The van der Waals surface area contributed by atoms with E-state index in [-0.39, 0.29) is 0 Å². The molecule has 196 valence electrons. The van der Waals surface area contributed by atoms with Gasteiger partial charge in [-0.25, -0.2) is 0 Å². The van der Waals surface area contributed by atoms with Crippen molar-refractivity contribution in [3.05, 3.63) is 146 Å². The first kappa shape index (κ1) is 23.0. The van der Waals surface area contributed by atoms with E-state index in [9.17, 15) is 0 Å². The van der Waals surface area contributed by atoms with Crippen LogP contribution >= 0.6 is 0 Å². The second-order valence-corrected chi connectivity index (χ2v) is 10.7. The summed E-state index contributed by atoms with van der Waals surface area (Å²) in [5, 5.41) is 4.56. The molecule has 4 nitrogen and oxygen atoms in total. The molecule has 6 aromatic carbocycles. The van der Waals surface area contributed by atoms with Crippen LogP contribution in [-0.4, -0.2) is 19.1 Å². The number of hydrogen-bond acceptors (Lipinski definition) is 2. The third kappa shape index (κ3) is 3.17. The maximum absolute atomic E-state index is 4.99. The van der Waals surface area contributed by atoms with Gasteiger partial charge in [-0.2, -0.15) is 0 Å². The van der Waals surface area contributed by atoms with Crippen molar-refractivity contribution in [2.24, 2.45) is 0 Å². The van der Waals surface area contributed by atoms with Crippen molar-refractivity contribution in [1.82, 2.24) is 19.1 Å². The molecule has 9 rings (SSSR count). The van der Waals surface area contributed by atoms with E-state index in [0.29, 0.717) is 0 Å². The molecule has 0 N–H and O–H groups in total. The van der Waals surface area contributed by atoms with E-state index in [1.165, 1.54) is 16.5 Å². The van der Waals surface area contributed by atoms with Crippen LogP contribution in [0, 0.1) is 0 Å². The van der Waals surface area contributed by atoms with E-state index in [1.807, 2.05) is 12.4 Å². The standard InChI is InChI=1S/C38H24N4/c1-3-12-25(13-4-1)26-14-11-17-28(24-26)42-32-21-10-8-19-30(32)34-36-35(39-22-23-40-36)33-29-18-7-9-20-31(29)41(37(33)38(34)42)27-15-5-2-6-16-27/h1-24H. The Labute approximate surface area is 241 Å². The Bertz CT molecular complexity index is 2450. The van der Waals surface area contributed by atoms with E-state index in [4.69, 9.17) is 9.97 Å². The van der Waals surface area contributed by atoms with Gasteiger partial charge in [-0.15, -0.1) is 0 Å². The first-order chi connectivity index (χ1) is 20.9. The van der Waals surface area contributed by atoms with Gasteiger partial charge in [-0.1, -0.05) is 97.1 Å². The molecule has 0 atom stereocenters. The lowest BCUT2D eigenvalue weighted by Crippen LogP contribution is -1.99. The quantitative estimate of drug-likeness (QED) is 0.225. The number of nitrogens with zero attached hydrogens (tertiary/aromatic N) is 4. The number of rotatable bonds is 3. The summed E-state index contributed by atoms with van der Waals surface area (Å²) in [5.74, 6) is 0. The third-order valence-corrected chi connectivity index (χ3v) is 8.37. The predicted molar refractivity (Wildman–Crippen MR) is 174 cm³/mol. The van der Waals surface area contributed by atoms with Crippen LogP contribution in [-0.2, 0) is 0 Å². The fraction of sp³-hybridized carbons (Fsp3) is 0. The van der Waals surface area contributed by atoms with E-state index < -0.39 is 0 Å². The van der Waals surface area contributed by atoms with E-state index in [0.717, 1.165) is 60.6 Å². The van der Waals surface area contributed by atoms with Crippen molar-refractivity contribution in [2.45, 2.75) is 0 Å². The Kier molecular flexibility index (Phi) is 4.87. The maximum atomic E-state index is 4.99. The molecule has 0 aliphatic carbocycles. The molecular formula is C38H24N4. The number of hydrogen-bond donors (Lipinski definition) is 0. The Balaban J connectivity index is 1.57. The Morgan fingerprint density at radius 3 is 1.50 bits per heavy atom. The summed E-state index contributed by atoms with van der Waals surface area (Å²) in [6.07, 6.45) is 3.62. The molecule has 0 saturated heterocycles. The van der Waals surface area contributed by atoms with Crippen molar-refractivity contribution in [3.8, 4) is 22.5 Å². The minimum atomic E-state index is 0.921. The summed E-state index contributed by atoms with van der Waals surface area (Å²) in [5.41, 5.74) is 11.0. The van der Waals surface area contributed by atoms with Gasteiger partial charge in [0.05, 0.1) is 33.1 Å². The molecule has 0 unspecified atom stereocenters. The Morgan fingerprint density at radius 1 is 0.405 bits per heavy atom. The van der Waals surface area contributed by atoms with Gasteiger partial charge < -0.3 is 9.13 Å². The van der Waals surface area contributed by atoms with Gasteiger partial charge in [-0.3, -0.25) is 9.97 Å². The Hall–Kier alpha value is -5.74. The van der Waals surface area contributed by atoms with Crippen LogP contribution in [0.3, 0.4) is 0 Å². The van der Waals surface area contributed by atoms with Crippen LogP contribution in [0.2, 0.25) is 0 Å². The minimum absolute atomic E-state index is 0.921. The second kappa shape index (κ2) is 8.88. The van der Waals surface area contributed by atoms with Crippen molar-refractivity contribution in [3.63, 3.8) is 0 Å². The van der Waals surface area contributed by atoms with Crippen molar-refractivity contribution in [1.29, 1.82) is 0 Å². The predicted octanol–water partition coefficient (Wildman–Crippen LogP) is 9.49. The lowest BCUT2D eigenvalue weighted by molar-refractivity contribution is 1.15. The van der Waals surface area contributed by atoms with Gasteiger partial charge in [0.1, 0.15) is 0 Å². The molecule has 0 spiro atoms. The highest BCUT2D eigenvalue weighted by molar-refractivity contribution is 6.34. The highest BCUT2D eigenvalue weighted by atomic mass is 15.0. The molecule has 0 aliphatic heterocycles. The molecule has 0 radical (unpaired) electrons. The molecule has 4 heteroatoms. The lowest BCUT2D eigenvalue weighted by atomic mass is 10.0. The second-order valence-electron chi connectivity index (χ2n) is 10.7. The fourth-order valence-electron chi connectivity index (χ4n) is 6.68. The van der Waals surface area contributed by atoms with Crippen molar-refractivity contribution < 1.29 is 0 Å². The minimum Gasteiger partial charge on any atom is -0.307 e. The molecule has 3 heterocycles. The summed E-state index contributed by atoms with van der Waals surface area (Å²) in [7, 11) is 0. The van der Waals surface area contributed by atoms with Gasteiger partial charge in [0.25, 0.3) is 0 Å². The molecule has 0 bridgehead atoms. The molecule has 0 fully saturated rings. The fourth-order valence-corrected chi connectivity index (χ4v) is 6.68. The van der Waals surface area contributed by atoms with Crippen molar-refractivity contribution in [2.75, 3.05) is 0 Å². The SMILES string of the molecule is c1ccc(-c2cccc(-n3c4ccccc4c4c5nccnc5c5c6ccccc6n(-c6ccccc6)c5c43)c2)cc1. The van der Waals surface area contributed by atoms with Gasteiger partial charge in [0.2, 0.25) is 0 Å². The molecule has 42 heavy (non-hydrogen) atoms. The third-order valence-electron chi connectivity index (χ3n) is 8.37. The average Bonchev–Trinajstić information content (AvgIpc) is 3.60. The van der Waals surface area contributed by atoms with Crippen LogP contribution in [0.25, 0.3) is 77.1 Å². The number of para-hydroxylation sites is 3. The zero-order valence-electron chi connectivity index (χ0n) is 22.6. The summed E-state index contributed by atoms with van der Waals surface area (Å²) in [4.78, 5) is 9.96. The highest BCUT2D eigenvalue weighted by Crippen LogP contribution is 2.45.